The number of halogens is 3. The quantitative estimate of drug-likeness (QED) is 0.935. The van der Waals surface area contributed by atoms with Crippen LogP contribution in [0.1, 0.15) is 27.4 Å². The Morgan fingerprint density at radius 3 is 2.39 bits per heavy atom. The minimum Gasteiger partial charge on any atom is -0.376 e. The Kier molecular flexibility index (Phi) is 4.35. The van der Waals surface area contributed by atoms with Gasteiger partial charge >= 0.3 is 6.18 Å². The molecular weight excluding hydrogens is 311 g/mol. The van der Waals surface area contributed by atoms with E-state index in [-0.39, 0.29) is 11.3 Å². The number of hydrogen-bond acceptors (Lipinski definition) is 4. The van der Waals surface area contributed by atoms with Gasteiger partial charge in [0.25, 0.3) is 5.91 Å². The van der Waals surface area contributed by atoms with Crippen molar-refractivity contribution in [3.63, 3.8) is 0 Å². The van der Waals surface area contributed by atoms with Crippen LogP contribution in [0.3, 0.4) is 0 Å². The summed E-state index contributed by atoms with van der Waals surface area (Å²) in [6.45, 7) is 3.15. The zero-order chi connectivity index (χ0) is 17.4. The lowest BCUT2D eigenvalue weighted by atomic mass is 10.1. The van der Waals surface area contributed by atoms with Gasteiger partial charge in [-0.3, -0.25) is 4.79 Å². The predicted molar refractivity (Wildman–Crippen MR) is 79.7 cm³/mol. The number of aryl methyl sites for hydroxylation is 2. The van der Waals surface area contributed by atoms with Crippen molar-refractivity contribution in [3.8, 4) is 0 Å². The molecule has 0 radical (unpaired) electrons. The molecule has 0 saturated carbocycles. The SMILES string of the molecule is Cc1noc(C)c1C(=O)Nc1cc(C(F)(F)F)ccc1N(C)C. The lowest BCUT2D eigenvalue weighted by Crippen LogP contribution is -2.18. The van der Waals surface area contributed by atoms with E-state index in [1.807, 2.05) is 0 Å². The predicted octanol–water partition coefficient (Wildman–Crippen LogP) is 3.63. The van der Waals surface area contributed by atoms with Gasteiger partial charge < -0.3 is 14.7 Å². The minimum atomic E-state index is -4.49. The van der Waals surface area contributed by atoms with Crippen molar-refractivity contribution >= 4 is 17.3 Å². The molecule has 0 aliphatic heterocycles. The summed E-state index contributed by atoms with van der Waals surface area (Å²) in [5.74, 6) is -0.262. The summed E-state index contributed by atoms with van der Waals surface area (Å²) in [6.07, 6.45) is -4.49. The Hall–Kier alpha value is -2.51. The fourth-order valence-corrected chi connectivity index (χ4v) is 2.19. The summed E-state index contributed by atoms with van der Waals surface area (Å²) in [5, 5.41) is 6.17. The molecule has 1 aromatic heterocycles. The highest BCUT2D eigenvalue weighted by Gasteiger charge is 2.31. The van der Waals surface area contributed by atoms with Gasteiger partial charge in [0.15, 0.2) is 0 Å². The van der Waals surface area contributed by atoms with Crippen molar-refractivity contribution in [1.29, 1.82) is 0 Å². The smallest absolute Gasteiger partial charge is 0.376 e. The van der Waals surface area contributed by atoms with E-state index in [0.29, 0.717) is 17.1 Å². The second-order valence-electron chi connectivity index (χ2n) is 5.28. The van der Waals surface area contributed by atoms with Crippen LogP contribution >= 0.6 is 0 Å². The number of rotatable bonds is 3. The van der Waals surface area contributed by atoms with Gasteiger partial charge in [-0.2, -0.15) is 13.2 Å². The van der Waals surface area contributed by atoms with E-state index in [1.54, 1.807) is 32.8 Å². The third kappa shape index (κ3) is 3.46. The molecule has 2 aromatic rings. The van der Waals surface area contributed by atoms with Gasteiger partial charge in [0.1, 0.15) is 11.3 Å². The summed E-state index contributed by atoms with van der Waals surface area (Å²) in [7, 11) is 3.35. The monoisotopic (exact) mass is 327 g/mol. The van der Waals surface area contributed by atoms with Crippen molar-refractivity contribution < 1.29 is 22.5 Å². The van der Waals surface area contributed by atoms with Crippen LogP contribution in [-0.4, -0.2) is 25.2 Å². The maximum Gasteiger partial charge on any atom is 0.416 e. The number of nitrogens with one attached hydrogen (secondary N) is 1. The number of anilines is 2. The highest BCUT2D eigenvalue weighted by atomic mass is 19.4. The van der Waals surface area contributed by atoms with E-state index in [2.05, 4.69) is 10.5 Å². The van der Waals surface area contributed by atoms with E-state index >= 15 is 0 Å². The summed E-state index contributed by atoms with van der Waals surface area (Å²) in [4.78, 5) is 14.0. The highest BCUT2D eigenvalue weighted by molar-refractivity contribution is 6.07. The van der Waals surface area contributed by atoms with E-state index < -0.39 is 17.6 Å². The largest absolute Gasteiger partial charge is 0.416 e. The first-order valence-corrected chi connectivity index (χ1v) is 6.74. The zero-order valence-electron chi connectivity index (χ0n) is 13.1. The van der Waals surface area contributed by atoms with E-state index in [0.717, 1.165) is 12.1 Å². The maximum absolute atomic E-state index is 12.9. The van der Waals surface area contributed by atoms with Crippen LogP contribution in [0.4, 0.5) is 24.5 Å². The van der Waals surface area contributed by atoms with Crippen LogP contribution < -0.4 is 10.2 Å². The first-order chi connectivity index (χ1) is 10.6. The van der Waals surface area contributed by atoms with E-state index in [9.17, 15) is 18.0 Å². The Labute approximate surface area is 131 Å². The molecule has 1 aromatic carbocycles. The molecule has 124 valence electrons. The van der Waals surface area contributed by atoms with Crippen LogP contribution in [-0.2, 0) is 6.18 Å². The number of amides is 1. The number of alkyl halides is 3. The first-order valence-electron chi connectivity index (χ1n) is 6.74. The molecule has 1 heterocycles. The van der Waals surface area contributed by atoms with Gasteiger partial charge in [-0.1, -0.05) is 5.16 Å². The van der Waals surface area contributed by atoms with Crippen molar-refractivity contribution in [1.82, 2.24) is 5.16 Å². The molecule has 0 bridgehead atoms. The molecule has 0 fully saturated rings. The summed E-state index contributed by atoms with van der Waals surface area (Å²) in [6, 6.07) is 3.19. The Bertz CT molecular complexity index is 717. The van der Waals surface area contributed by atoms with Gasteiger partial charge in [-0.15, -0.1) is 0 Å². The normalized spacial score (nSPS) is 11.4. The molecular formula is C15H16F3N3O2. The molecule has 0 atom stereocenters. The van der Waals surface area contributed by atoms with Crippen molar-refractivity contribution in [2.45, 2.75) is 20.0 Å². The fraction of sp³-hybridized carbons (Fsp3) is 0.333. The number of aromatic nitrogens is 1. The number of carbonyl (C=O) groups is 1. The molecule has 8 heteroatoms. The number of benzene rings is 1. The van der Waals surface area contributed by atoms with Crippen molar-refractivity contribution in [3.05, 3.63) is 40.8 Å². The average molecular weight is 327 g/mol. The maximum atomic E-state index is 12.9. The Morgan fingerprint density at radius 2 is 1.91 bits per heavy atom. The minimum absolute atomic E-state index is 0.0647. The molecule has 0 aliphatic rings. The van der Waals surface area contributed by atoms with Crippen LogP contribution in [0.2, 0.25) is 0 Å². The number of nitrogens with zero attached hydrogens (tertiary/aromatic N) is 2. The second-order valence-corrected chi connectivity index (χ2v) is 5.28. The molecule has 1 N–H and O–H groups in total. The molecule has 0 spiro atoms. The van der Waals surface area contributed by atoms with E-state index in [4.69, 9.17) is 4.52 Å². The third-order valence-corrected chi connectivity index (χ3v) is 3.31. The summed E-state index contributed by atoms with van der Waals surface area (Å²) in [5.41, 5.74) is 0.274. The first kappa shape index (κ1) is 16.9. The lowest BCUT2D eigenvalue weighted by molar-refractivity contribution is -0.137. The van der Waals surface area contributed by atoms with E-state index in [1.165, 1.54) is 6.07 Å². The number of carbonyl (C=O) groups excluding carboxylic acids is 1. The van der Waals surface area contributed by atoms with Gasteiger partial charge in [-0.25, -0.2) is 0 Å². The van der Waals surface area contributed by atoms with Gasteiger partial charge in [0.2, 0.25) is 0 Å². The Balaban J connectivity index is 2.43. The summed E-state index contributed by atoms with van der Waals surface area (Å²) >= 11 is 0. The van der Waals surface area contributed by atoms with Crippen molar-refractivity contribution in [2.24, 2.45) is 0 Å². The summed E-state index contributed by atoms with van der Waals surface area (Å²) < 4.78 is 43.6. The molecule has 0 saturated heterocycles. The lowest BCUT2D eigenvalue weighted by Gasteiger charge is -2.19. The molecule has 5 nitrogen and oxygen atoms in total. The third-order valence-electron chi connectivity index (χ3n) is 3.31. The Morgan fingerprint density at radius 1 is 1.26 bits per heavy atom. The number of hydrogen-bond donors (Lipinski definition) is 1. The topological polar surface area (TPSA) is 58.4 Å². The van der Waals surface area contributed by atoms with Gasteiger partial charge in [-0.05, 0) is 32.0 Å². The van der Waals surface area contributed by atoms with Gasteiger partial charge in [0, 0.05) is 14.1 Å². The molecule has 0 aliphatic carbocycles. The fourth-order valence-electron chi connectivity index (χ4n) is 2.19. The standard InChI is InChI=1S/C15H16F3N3O2/c1-8-13(9(2)23-20-8)14(22)19-11-7-10(15(16,17)18)5-6-12(11)21(3)4/h5-7H,1-4H3,(H,19,22). The van der Waals surface area contributed by atoms with Crippen LogP contribution in [0.25, 0.3) is 0 Å². The highest BCUT2D eigenvalue weighted by Crippen LogP contribution is 2.35. The molecule has 1 amide bonds. The molecule has 2 rings (SSSR count). The molecule has 23 heavy (non-hydrogen) atoms. The average Bonchev–Trinajstić information content (AvgIpc) is 2.76. The van der Waals surface area contributed by atoms with Crippen LogP contribution in [0.15, 0.2) is 22.7 Å². The zero-order valence-corrected chi connectivity index (χ0v) is 13.1. The van der Waals surface area contributed by atoms with Crippen LogP contribution in [0, 0.1) is 13.8 Å². The molecule has 0 unspecified atom stereocenters. The van der Waals surface area contributed by atoms with Gasteiger partial charge in [0.05, 0.1) is 22.6 Å². The van der Waals surface area contributed by atoms with Crippen LogP contribution in [0.5, 0.6) is 0 Å². The second kappa shape index (κ2) is 5.94. The van der Waals surface area contributed by atoms with Crippen molar-refractivity contribution in [2.75, 3.05) is 24.3 Å².